The van der Waals surface area contributed by atoms with Crippen LogP contribution < -0.4 is 4.74 Å². The van der Waals surface area contributed by atoms with Crippen molar-refractivity contribution in [3.05, 3.63) is 65.7 Å². The predicted octanol–water partition coefficient (Wildman–Crippen LogP) is 4.79. The first-order chi connectivity index (χ1) is 9.34. The van der Waals surface area contributed by atoms with Crippen molar-refractivity contribution in [3.8, 4) is 5.75 Å². The van der Waals surface area contributed by atoms with Crippen LogP contribution in [-0.4, -0.2) is 6.61 Å². The zero-order chi connectivity index (χ0) is 13.3. The van der Waals surface area contributed by atoms with E-state index in [2.05, 4.69) is 49.4 Å². The number of rotatable bonds is 7. The maximum atomic E-state index is 5.71. The van der Waals surface area contributed by atoms with Crippen LogP contribution >= 0.6 is 0 Å². The highest BCUT2D eigenvalue weighted by Crippen LogP contribution is 2.12. The predicted molar refractivity (Wildman–Crippen MR) is 80.7 cm³/mol. The molecule has 0 aliphatic heterocycles. The summed E-state index contributed by atoms with van der Waals surface area (Å²) in [6, 6.07) is 18.9. The molecule has 1 heteroatoms. The van der Waals surface area contributed by atoms with Crippen molar-refractivity contribution in [2.75, 3.05) is 6.61 Å². The second-order valence-corrected chi connectivity index (χ2v) is 4.96. The van der Waals surface area contributed by atoms with E-state index in [1.54, 1.807) is 0 Å². The molecule has 0 saturated carbocycles. The lowest BCUT2D eigenvalue weighted by Gasteiger charge is -2.06. The molecule has 1 nitrogen and oxygen atoms in total. The molecule has 0 aliphatic carbocycles. The molecule has 0 aliphatic rings. The third kappa shape index (κ3) is 5.17. The summed E-state index contributed by atoms with van der Waals surface area (Å²) in [7, 11) is 0. The van der Waals surface area contributed by atoms with Gasteiger partial charge in [0.15, 0.2) is 0 Å². The maximum absolute atomic E-state index is 5.71. The van der Waals surface area contributed by atoms with Gasteiger partial charge in [-0.3, -0.25) is 0 Å². The first-order valence-electron chi connectivity index (χ1n) is 7.08. The Morgan fingerprint density at radius 3 is 2.26 bits per heavy atom. The van der Waals surface area contributed by atoms with E-state index in [1.165, 1.54) is 30.4 Å². The molecule has 0 heterocycles. The van der Waals surface area contributed by atoms with Gasteiger partial charge in [-0.1, -0.05) is 48.0 Å². The number of hydrogen-bond acceptors (Lipinski definition) is 1. The lowest BCUT2D eigenvalue weighted by atomic mass is 10.1. The molecular formula is C18H22O. The van der Waals surface area contributed by atoms with Gasteiger partial charge >= 0.3 is 0 Å². The molecule has 0 saturated heterocycles. The van der Waals surface area contributed by atoms with Crippen molar-refractivity contribution in [2.45, 2.75) is 32.6 Å². The van der Waals surface area contributed by atoms with Gasteiger partial charge in [-0.25, -0.2) is 0 Å². The van der Waals surface area contributed by atoms with E-state index in [4.69, 9.17) is 4.74 Å². The molecule has 2 aromatic rings. The molecule has 100 valence electrons. The second-order valence-electron chi connectivity index (χ2n) is 4.96. The van der Waals surface area contributed by atoms with Crippen LogP contribution in [0.4, 0.5) is 0 Å². The minimum absolute atomic E-state index is 0.817. The molecule has 0 spiro atoms. The largest absolute Gasteiger partial charge is 0.494 e. The lowest BCUT2D eigenvalue weighted by molar-refractivity contribution is 0.305. The summed E-state index contributed by atoms with van der Waals surface area (Å²) in [4.78, 5) is 0. The van der Waals surface area contributed by atoms with E-state index in [0.29, 0.717) is 0 Å². The zero-order valence-electron chi connectivity index (χ0n) is 11.6. The quantitative estimate of drug-likeness (QED) is 0.646. The fourth-order valence-electron chi connectivity index (χ4n) is 2.08. The van der Waals surface area contributed by atoms with E-state index in [9.17, 15) is 0 Å². The summed E-state index contributed by atoms with van der Waals surface area (Å²) < 4.78 is 5.71. The van der Waals surface area contributed by atoms with Gasteiger partial charge in [0.2, 0.25) is 0 Å². The SMILES string of the molecule is Cc1ccc(OCCCCCc2ccccc2)cc1. The van der Waals surface area contributed by atoms with Crippen LogP contribution in [0.25, 0.3) is 0 Å². The first kappa shape index (κ1) is 13.7. The average Bonchev–Trinajstić information content (AvgIpc) is 2.46. The summed E-state index contributed by atoms with van der Waals surface area (Å²) in [5.41, 5.74) is 2.71. The summed E-state index contributed by atoms with van der Waals surface area (Å²) >= 11 is 0. The van der Waals surface area contributed by atoms with Gasteiger partial charge in [-0.15, -0.1) is 0 Å². The van der Waals surface area contributed by atoms with E-state index >= 15 is 0 Å². The normalized spacial score (nSPS) is 10.4. The van der Waals surface area contributed by atoms with Gasteiger partial charge in [-0.05, 0) is 50.3 Å². The minimum atomic E-state index is 0.817. The Kier molecular flexibility index (Phi) is 5.49. The van der Waals surface area contributed by atoms with Crippen LogP contribution in [0.15, 0.2) is 54.6 Å². The van der Waals surface area contributed by atoms with Gasteiger partial charge in [0.1, 0.15) is 5.75 Å². The lowest BCUT2D eigenvalue weighted by Crippen LogP contribution is -1.97. The van der Waals surface area contributed by atoms with Crippen LogP contribution in [-0.2, 0) is 6.42 Å². The standard InChI is InChI=1S/C18H22O/c1-16-11-13-18(14-12-16)19-15-7-3-6-10-17-8-4-2-5-9-17/h2,4-5,8-9,11-14H,3,6-7,10,15H2,1H3. The Morgan fingerprint density at radius 1 is 0.789 bits per heavy atom. The molecule has 0 fully saturated rings. The van der Waals surface area contributed by atoms with Crippen LogP contribution in [0.5, 0.6) is 5.75 Å². The minimum Gasteiger partial charge on any atom is -0.494 e. The third-order valence-electron chi connectivity index (χ3n) is 3.24. The number of aryl methyl sites for hydroxylation is 2. The summed E-state index contributed by atoms with van der Waals surface area (Å²) in [5, 5.41) is 0. The van der Waals surface area contributed by atoms with Crippen LogP contribution in [0.3, 0.4) is 0 Å². The second kappa shape index (κ2) is 7.63. The van der Waals surface area contributed by atoms with Crippen molar-refractivity contribution >= 4 is 0 Å². The van der Waals surface area contributed by atoms with Gasteiger partial charge in [-0.2, -0.15) is 0 Å². The zero-order valence-corrected chi connectivity index (χ0v) is 11.6. The molecule has 0 amide bonds. The Hall–Kier alpha value is -1.76. The van der Waals surface area contributed by atoms with Gasteiger partial charge in [0.25, 0.3) is 0 Å². The Bertz CT molecular complexity index is 459. The average molecular weight is 254 g/mol. The van der Waals surface area contributed by atoms with Gasteiger partial charge in [0, 0.05) is 0 Å². The number of benzene rings is 2. The van der Waals surface area contributed by atoms with Crippen molar-refractivity contribution in [1.82, 2.24) is 0 Å². The molecule has 19 heavy (non-hydrogen) atoms. The third-order valence-corrected chi connectivity index (χ3v) is 3.24. The van der Waals surface area contributed by atoms with Crippen molar-refractivity contribution in [3.63, 3.8) is 0 Å². The number of hydrogen-bond donors (Lipinski definition) is 0. The van der Waals surface area contributed by atoms with E-state index in [0.717, 1.165) is 18.8 Å². The number of unbranched alkanes of at least 4 members (excludes halogenated alkanes) is 2. The summed E-state index contributed by atoms with van der Waals surface area (Å²) in [5.74, 6) is 0.980. The first-order valence-corrected chi connectivity index (χ1v) is 7.08. The fraction of sp³-hybridized carbons (Fsp3) is 0.333. The van der Waals surface area contributed by atoms with Gasteiger partial charge < -0.3 is 4.74 Å². The van der Waals surface area contributed by atoms with E-state index < -0.39 is 0 Å². The molecule has 2 aromatic carbocycles. The van der Waals surface area contributed by atoms with Gasteiger partial charge in [0.05, 0.1) is 6.61 Å². The summed E-state index contributed by atoms with van der Waals surface area (Å²) in [6.07, 6.45) is 4.76. The maximum Gasteiger partial charge on any atom is 0.119 e. The van der Waals surface area contributed by atoms with E-state index in [1.807, 2.05) is 12.1 Å². The molecule has 0 atom stereocenters. The van der Waals surface area contributed by atoms with Crippen molar-refractivity contribution in [1.29, 1.82) is 0 Å². The van der Waals surface area contributed by atoms with Crippen molar-refractivity contribution in [2.24, 2.45) is 0 Å². The molecule has 0 unspecified atom stereocenters. The highest BCUT2D eigenvalue weighted by atomic mass is 16.5. The highest BCUT2D eigenvalue weighted by Gasteiger charge is 1.95. The molecule has 0 aromatic heterocycles. The molecular weight excluding hydrogens is 232 g/mol. The number of ether oxygens (including phenoxy) is 1. The topological polar surface area (TPSA) is 9.23 Å². The van der Waals surface area contributed by atoms with E-state index in [-0.39, 0.29) is 0 Å². The van der Waals surface area contributed by atoms with Crippen LogP contribution in [0.1, 0.15) is 30.4 Å². The fourth-order valence-corrected chi connectivity index (χ4v) is 2.08. The smallest absolute Gasteiger partial charge is 0.119 e. The summed E-state index contributed by atoms with van der Waals surface area (Å²) in [6.45, 7) is 2.91. The Balaban J connectivity index is 1.56. The molecule has 0 radical (unpaired) electrons. The molecule has 0 bridgehead atoms. The van der Waals surface area contributed by atoms with Crippen molar-refractivity contribution < 1.29 is 4.74 Å². The monoisotopic (exact) mass is 254 g/mol. The van der Waals surface area contributed by atoms with Crippen LogP contribution in [0, 0.1) is 6.92 Å². The van der Waals surface area contributed by atoms with Crippen LogP contribution in [0.2, 0.25) is 0 Å². The molecule has 2 rings (SSSR count). The molecule has 0 N–H and O–H groups in total. The highest BCUT2D eigenvalue weighted by molar-refractivity contribution is 5.26. The Morgan fingerprint density at radius 2 is 1.53 bits per heavy atom. The Labute approximate surface area is 116 Å².